The Hall–Kier alpha value is -1.71. The van der Waals surface area contributed by atoms with Crippen molar-refractivity contribution in [2.75, 3.05) is 0 Å². The molecule has 0 aliphatic carbocycles. The van der Waals surface area contributed by atoms with Gasteiger partial charge in [-0.2, -0.15) is 0 Å². The molecule has 2 N–H and O–H groups in total. The number of hydrogen-bond donors (Lipinski definition) is 1. The lowest BCUT2D eigenvalue weighted by Crippen LogP contribution is -2.09. The summed E-state index contributed by atoms with van der Waals surface area (Å²) in [6.07, 6.45) is 0.0645. The average molecular weight is 271 g/mol. The molecule has 0 aromatic heterocycles. The minimum absolute atomic E-state index is 0.0645. The molecular weight excluding hydrogens is 254 g/mol. The minimum Gasteiger partial charge on any atom is -0.389 e. The summed E-state index contributed by atoms with van der Waals surface area (Å²) in [6.45, 7) is 2.60. The summed E-state index contributed by atoms with van der Waals surface area (Å²) in [5, 5.41) is 0. The Morgan fingerprint density at radius 1 is 1.16 bits per heavy atom. The van der Waals surface area contributed by atoms with Gasteiger partial charge in [0.05, 0.1) is 12.7 Å². The van der Waals surface area contributed by atoms with E-state index in [-0.39, 0.29) is 6.10 Å². The van der Waals surface area contributed by atoms with E-state index in [0.29, 0.717) is 11.6 Å². The van der Waals surface area contributed by atoms with Crippen LogP contribution in [0, 0.1) is 0 Å². The molecule has 0 fully saturated rings. The van der Waals surface area contributed by atoms with Gasteiger partial charge in [0.15, 0.2) is 0 Å². The quantitative estimate of drug-likeness (QED) is 0.844. The highest BCUT2D eigenvalue weighted by Crippen LogP contribution is 2.18. The largest absolute Gasteiger partial charge is 0.389 e. The molecule has 0 heterocycles. The summed E-state index contributed by atoms with van der Waals surface area (Å²) in [5.41, 5.74) is 8.75. The number of thiocarbonyl (C=S) groups is 1. The van der Waals surface area contributed by atoms with Crippen LogP contribution < -0.4 is 5.73 Å². The second-order valence-electron chi connectivity index (χ2n) is 4.43. The standard InChI is InChI=1S/C16H17NOS/c1-12(14-7-3-2-4-8-14)18-11-13-6-5-9-15(10-13)16(17)19/h2-10,12H,11H2,1H3,(H2,17,19). The monoisotopic (exact) mass is 271 g/mol. The van der Waals surface area contributed by atoms with E-state index in [0.717, 1.165) is 11.1 Å². The Morgan fingerprint density at radius 3 is 2.58 bits per heavy atom. The first kappa shape index (κ1) is 13.7. The molecule has 2 rings (SSSR count). The molecule has 2 nitrogen and oxygen atoms in total. The third-order valence-corrected chi connectivity index (χ3v) is 3.22. The number of benzene rings is 2. The van der Waals surface area contributed by atoms with Crippen molar-refractivity contribution in [3.8, 4) is 0 Å². The van der Waals surface area contributed by atoms with Gasteiger partial charge in [-0.15, -0.1) is 0 Å². The van der Waals surface area contributed by atoms with Gasteiger partial charge in [0.2, 0.25) is 0 Å². The van der Waals surface area contributed by atoms with Gasteiger partial charge in [-0.05, 0) is 24.1 Å². The lowest BCUT2D eigenvalue weighted by Gasteiger charge is -2.13. The van der Waals surface area contributed by atoms with Crippen LogP contribution in [0.1, 0.15) is 29.7 Å². The molecule has 19 heavy (non-hydrogen) atoms. The third kappa shape index (κ3) is 3.88. The molecule has 3 heteroatoms. The van der Waals surface area contributed by atoms with Gasteiger partial charge in [-0.1, -0.05) is 60.7 Å². The van der Waals surface area contributed by atoms with Crippen molar-refractivity contribution in [2.45, 2.75) is 19.6 Å². The molecule has 0 aliphatic heterocycles. The molecule has 0 spiro atoms. The van der Waals surface area contributed by atoms with Crippen LogP contribution in [-0.2, 0) is 11.3 Å². The zero-order chi connectivity index (χ0) is 13.7. The number of ether oxygens (including phenoxy) is 1. The maximum absolute atomic E-state index is 5.86. The topological polar surface area (TPSA) is 35.2 Å². The third-order valence-electron chi connectivity index (χ3n) is 2.98. The summed E-state index contributed by atoms with van der Waals surface area (Å²) in [7, 11) is 0. The van der Waals surface area contributed by atoms with Gasteiger partial charge < -0.3 is 10.5 Å². The Balaban J connectivity index is 1.99. The normalized spacial score (nSPS) is 12.1. The molecule has 0 aliphatic rings. The van der Waals surface area contributed by atoms with Gasteiger partial charge in [0.1, 0.15) is 4.99 Å². The van der Waals surface area contributed by atoms with E-state index in [9.17, 15) is 0 Å². The SMILES string of the molecule is CC(OCc1cccc(C(N)=S)c1)c1ccccc1. The number of nitrogens with two attached hydrogens (primary N) is 1. The van der Waals surface area contributed by atoms with Gasteiger partial charge in [-0.25, -0.2) is 0 Å². The van der Waals surface area contributed by atoms with Crippen LogP contribution in [0.15, 0.2) is 54.6 Å². The van der Waals surface area contributed by atoms with Crippen molar-refractivity contribution < 1.29 is 4.74 Å². The van der Waals surface area contributed by atoms with E-state index >= 15 is 0 Å². The predicted molar refractivity (Wildman–Crippen MR) is 82.0 cm³/mol. The van der Waals surface area contributed by atoms with Crippen LogP contribution in [0.3, 0.4) is 0 Å². The van der Waals surface area contributed by atoms with Gasteiger partial charge in [0.25, 0.3) is 0 Å². The molecular formula is C16H17NOS. The zero-order valence-corrected chi connectivity index (χ0v) is 11.7. The number of rotatable bonds is 5. The Morgan fingerprint density at radius 2 is 1.89 bits per heavy atom. The lowest BCUT2D eigenvalue weighted by atomic mass is 10.1. The van der Waals surface area contributed by atoms with Crippen LogP contribution in [0.2, 0.25) is 0 Å². The molecule has 1 unspecified atom stereocenters. The van der Waals surface area contributed by atoms with Crippen LogP contribution >= 0.6 is 12.2 Å². The molecule has 0 bridgehead atoms. The first-order valence-corrected chi connectivity index (χ1v) is 6.63. The molecule has 0 saturated carbocycles. The summed E-state index contributed by atoms with van der Waals surface area (Å²) in [6, 6.07) is 18.0. The average Bonchev–Trinajstić information content (AvgIpc) is 2.46. The van der Waals surface area contributed by atoms with Crippen molar-refractivity contribution in [3.63, 3.8) is 0 Å². The van der Waals surface area contributed by atoms with Crippen molar-refractivity contribution in [1.29, 1.82) is 0 Å². The van der Waals surface area contributed by atoms with Gasteiger partial charge >= 0.3 is 0 Å². The van der Waals surface area contributed by atoms with E-state index in [1.54, 1.807) is 0 Å². The summed E-state index contributed by atoms with van der Waals surface area (Å²) < 4.78 is 5.86. The molecule has 2 aromatic carbocycles. The summed E-state index contributed by atoms with van der Waals surface area (Å²) >= 11 is 4.97. The highest BCUT2D eigenvalue weighted by atomic mass is 32.1. The zero-order valence-electron chi connectivity index (χ0n) is 10.9. The molecule has 1 atom stereocenters. The van der Waals surface area contributed by atoms with Crippen molar-refractivity contribution >= 4 is 17.2 Å². The maximum atomic E-state index is 5.86. The highest BCUT2D eigenvalue weighted by Gasteiger charge is 2.05. The van der Waals surface area contributed by atoms with Crippen LogP contribution in [-0.4, -0.2) is 4.99 Å². The highest BCUT2D eigenvalue weighted by molar-refractivity contribution is 7.80. The van der Waals surface area contributed by atoms with Crippen molar-refractivity contribution in [2.24, 2.45) is 5.73 Å². The van der Waals surface area contributed by atoms with Crippen LogP contribution in [0.4, 0.5) is 0 Å². The van der Waals surface area contributed by atoms with E-state index in [4.69, 9.17) is 22.7 Å². The smallest absolute Gasteiger partial charge is 0.103 e. The fourth-order valence-electron chi connectivity index (χ4n) is 1.86. The first-order valence-electron chi connectivity index (χ1n) is 6.22. The molecule has 0 radical (unpaired) electrons. The van der Waals surface area contributed by atoms with Crippen LogP contribution in [0.5, 0.6) is 0 Å². The van der Waals surface area contributed by atoms with E-state index in [1.807, 2.05) is 49.4 Å². The second kappa shape index (κ2) is 6.45. The number of hydrogen-bond acceptors (Lipinski definition) is 2. The van der Waals surface area contributed by atoms with Gasteiger partial charge in [0, 0.05) is 5.56 Å². The Labute approximate surface area is 119 Å². The fourth-order valence-corrected chi connectivity index (χ4v) is 1.98. The molecule has 0 saturated heterocycles. The minimum atomic E-state index is 0.0645. The van der Waals surface area contributed by atoms with E-state index in [1.165, 1.54) is 5.56 Å². The summed E-state index contributed by atoms with van der Waals surface area (Å²) in [4.78, 5) is 0.415. The predicted octanol–water partition coefficient (Wildman–Crippen LogP) is 3.60. The molecule has 2 aromatic rings. The maximum Gasteiger partial charge on any atom is 0.103 e. The van der Waals surface area contributed by atoms with Crippen molar-refractivity contribution in [3.05, 3.63) is 71.3 Å². The Bertz CT molecular complexity index is 554. The molecule has 0 amide bonds. The lowest BCUT2D eigenvalue weighted by molar-refractivity contribution is 0.0525. The van der Waals surface area contributed by atoms with Crippen molar-refractivity contribution in [1.82, 2.24) is 0 Å². The van der Waals surface area contributed by atoms with E-state index in [2.05, 4.69) is 12.1 Å². The molecule has 98 valence electrons. The first-order chi connectivity index (χ1) is 9.16. The Kier molecular flexibility index (Phi) is 4.66. The van der Waals surface area contributed by atoms with Gasteiger partial charge in [-0.3, -0.25) is 0 Å². The summed E-state index contributed by atoms with van der Waals surface area (Å²) in [5.74, 6) is 0. The van der Waals surface area contributed by atoms with Crippen LogP contribution in [0.25, 0.3) is 0 Å². The van der Waals surface area contributed by atoms with E-state index < -0.39 is 0 Å². The fraction of sp³-hybridized carbons (Fsp3) is 0.188. The second-order valence-corrected chi connectivity index (χ2v) is 4.87.